The van der Waals surface area contributed by atoms with Crippen LogP contribution in [0.4, 0.5) is 0 Å². The number of aliphatic hydroxyl groups is 1. The van der Waals surface area contributed by atoms with Crippen molar-refractivity contribution in [3.8, 4) is 11.1 Å². The maximum Gasteiger partial charge on any atom is 0.303 e. The molecule has 0 aromatic heterocycles. The van der Waals surface area contributed by atoms with Crippen LogP contribution in [0.15, 0.2) is 85.5 Å². The Kier molecular flexibility index (Phi) is 12.4. The highest BCUT2D eigenvalue weighted by Crippen LogP contribution is 2.42. The number of nitrogens with one attached hydrogen (secondary N) is 1. The van der Waals surface area contributed by atoms with Crippen molar-refractivity contribution < 1.29 is 29.3 Å². The van der Waals surface area contributed by atoms with Crippen LogP contribution < -0.4 is 5.32 Å². The van der Waals surface area contributed by atoms with E-state index in [0.29, 0.717) is 19.0 Å². The first kappa shape index (κ1) is 34.5. The summed E-state index contributed by atoms with van der Waals surface area (Å²) in [6.07, 6.45) is 6.62. The van der Waals surface area contributed by atoms with Crippen molar-refractivity contribution in [3.63, 3.8) is 0 Å². The van der Waals surface area contributed by atoms with Gasteiger partial charge in [-0.1, -0.05) is 98.6 Å². The third kappa shape index (κ3) is 9.17. The number of hydrogen-bond acceptors (Lipinski definition) is 6. The van der Waals surface area contributed by atoms with E-state index in [2.05, 4.69) is 60.1 Å². The highest BCUT2D eigenvalue weighted by molar-refractivity contribution is 5.77. The largest absolute Gasteiger partial charge is 0.481 e. The predicted molar refractivity (Wildman–Crippen MR) is 182 cm³/mol. The number of carbonyl (C=O) groups excluding carboxylic acids is 1. The van der Waals surface area contributed by atoms with E-state index >= 15 is 0 Å². The molecule has 250 valence electrons. The Morgan fingerprint density at radius 1 is 0.957 bits per heavy atom. The first-order valence-corrected chi connectivity index (χ1v) is 16.9. The van der Waals surface area contributed by atoms with Gasteiger partial charge in [-0.15, -0.1) is 6.58 Å². The summed E-state index contributed by atoms with van der Waals surface area (Å²) in [5, 5.41) is 21.4. The Bertz CT molecular complexity index is 1470. The van der Waals surface area contributed by atoms with E-state index in [1.165, 1.54) is 25.7 Å². The maximum atomic E-state index is 12.3. The average molecular weight is 641 g/mol. The lowest BCUT2D eigenvalue weighted by molar-refractivity contribution is -0.276. The molecular formula is C39H48N2O6. The smallest absolute Gasteiger partial charge is 0.303 e. The first-order chi connectivity index (χ1) is 22.9. The molecule has 0 bridgehead atoms. The number of carboxylic acids is 1. The van der Waals surface area contributed by atoms with E-state index in [0.717, 1.165) is 46.5 Å². The van der Waals surface area contributed by atoms with Crippen molar-refractivity contribution in [1.29, 1.82) is 0 Å². The van der Waals surface area contributed by atoms with E-state index in [1.54, 1.807) is 0 Å². The molecule has 2 fully saturated rings. The molecule has 3 N–H and O–H groups in total. The molecule has 3 aromatic rings. The van der Waals surface area contributed by atoms with Gasteiger partial charge in [-0.3, -0.25) is 14.5 Å². The Labute approximate surface area is 278 Å². The molecule has 8 nitrogen and oxygen atoms in total. The van der Waals surface area contributed by atoms with Gasteiger partial charge in [-0.25, -0.2) is 0 Å². The molecule has 0 radical (unpaired) electrons. The number of nitrogens with zero attached hydrogens (tertiary/aromatic N) is 1. The number of hydrogen-bond donors (Lipinski definition) is 3. The molecule has 5 rings (SSSR count). The van der Waals surface area contributed by atoms with E-state index < -0.39 is 12.3 Å². The fourth-order valence-electron chi connectivity index (χ4n) is 6.83. The van der Waals surface area contributed by atoms with Gasteiger partial charge < -0.3 is 25.0 Å². The minimum Gasteiger partial charge on any atom is -0.481 e. The van der Waals surface area contributed by atoms with Gasteiger partial charge >= 0.3 is 5.97 Å². The fraction of sp³-hybridized carbons (Fsp3) is 0.436. The van der Waals surface area contributed by atoms with E-state index in [9.17, 15) is 14.7 Å². The lowest BCUT2D eigenvalue weighted by Gasteiger charge is -2.43. The molecule has 1 amide bonds. The predicted octanol–water partition coefficient (Wildman–Crippen LogP) is 6.94. The molecular weight excluding hydrogens is 592 g/mol. The van der Waals surface area contributed by atoms with Crippen LogP contribution in [0.25, 0.3) is 11.1 Å². The summed E-state index contributed by atoms with van der Waals surface area (Å²) in [4.78, 5) is 25.6. The number of carbonyl (C=O) groups is 2. The van der Waals surface area contributed by atoms with Gasteiger partial charge in [0.15, 0.2) is 6.29 Å². The van der Waals surface area contributed by atoms with Crippen molar-refractivity contribution in [2.45, 2.75) is 89.6 Å². The number of aliphatic hydroxyl groups excluding tert-OH is 1. The molecule has 8 heteroatoms. The van der Waals surface area contributed by atoms with Gasteiger partial charge in [-0.2, -0.15) is 0 Å². The zero-order chi connectivity index (χ0) is 33.2. The van der Waals surface area contributed by atoms with Gasteiger partial charge in [0, 0.05) is 50.0 Å². The second kappa shape index (κ2) is 16.8. The summed E-state index contributed by atoms with van der Waals surface area (Å²) < 4.78 is 13.5. The second-order valence-electron chi connectivity index (χ2n) is 12.8. The summed E-state index contributed by atoms with van der Waals surface area (Å²) in [6, 6.07) is 24.8. The first-order valence-electron chi connectivity index (χ1n) is 16.9. The molecule has 0 unspecified atom stereocenters. The molecule has 1 saturated carbocycles. The van der Waals surface area contributed by atoms with Crippen LogP contribution in [0.3, 0.4) is 0 Å². The van der Waals surface area contributed by atoms with E-state index in [1.807, 2.05) is 42.5 Å². The summed E-state index contributed by atoms with van der Waals surface area (Å²) >= 11 is 0. The molecule has 1 aliphatic heterocycles. The van der Waals surface area contributed by atoms with Gasteiger partial charge in [0.2, 0.25) is 5.91 Å². The van der Waals surface area contributed by atoms with Crippen LogP contribution in [-0.2, 0) is 32.2 Å². The number of ether oxygens (including phenoxy) is 2. The number of amides is 1. The maximum absolute atomic E-state index is 12.3. The van der Waals surface area contributed by atoms with Crippen LogP contribution >= 0.6 is 0 Å². The summed E-state index contributed by atoms with van der Waals surface area (Å²) in [5.41, 5.74) is 5.88. The third-order valence-electron chi connectivity index (χ3n) is 9.52. The molecule has 1 heterocycles. The topological polar surface area (TPSA) is 108 Å². The Hall–Kier alpha value is -3.82. The number of aliphatic carboxylic acids is 1. The zero-order valence-corrected chi connectivity index (χ0v) is 27.4. The summed E-state index contributed by atoms with van der Waals surface area (Å²) in [7, 11) is 0. The van der Waals surface area contributed by atoms with Gasteiger partial charge in [0.05, 0.1) is 18.8 Å². The van der Waals surface area contributed by atoms with Gasteiger partial charge in [0.1, 0.15) is 0 Å². The van der Waals surface area contributed by atoms with Crippen molar-refractivity contribution >= 4 is 11.9 Å². The molecule has 2 aliphatic rings. The minimum atomic E-state index is -0.897. The molecule has 1 saturated heterocycles. The lowest BCUT2D eigenvalue weighted by Crippen LogP contribution is -2.47. The Balaban J connectivity index is 1.34. The van der Waals surface area contributed by atoms with Crippen molar-refractivity contribution in [3.05, 3.63) is 108 Å². The number of rotatable bonds is 15. The normalized spacial score (nSPS) is 21.5. The molecule has 0 spiro atoms. The van der Waals surface area contributed by atoms with Crippen LogP contribution in [0.1, 0.15) is 86.5 Å². The average Bonchev–Trinajstić information content (AvgIpc) is 3.63. The Morgan fingerprint density at radius 3 is 2.34 bits per heavy atom. The summed E-state index contributed by atoms with van der Waals surface area (Å²) in [6.45, 7) is 8.23. The van der Waals surface area contributed by atoms with E-state index in [4.69, 9.17) is 14.6 Å². The molecule has 1 aliphatic carbocycles. The van der Waals surface area contributed by atoms with Crippen LogP contribution in [0.2, 0.25) is 0 Å². The quantitative estimate of drug-likeness (QED) is 0.155. The molecule has 4 atom stereocenters. The lowest BCUT2D eigenvalue weighted by atomic mass is 9.89. The number of benzene rings is 3. The number of carboxylic acid groups (broad SMARTS) is 1. The SMILES string of the molecule is C=CCN(C[C@H]1O[C@@H](c2ccc(-c3ccccc3CNC(=O)CCCC(=O)O)cc2)O[C@@H](c2ccc(CO)cc2)[C@H]1C)C1CCCC1. The van der Waals surface area contributed by atoms with E-state index in [-0.39, 0.29) is 43.5 Å². The van der Waals surface area contributed by atoms with Crippen molar-refractivity contribution in [2.75, 3.05) is 13.1 Å². The summed E-state index contributed by atoms with van der Waals surface area (Å²) in [5.74, 6) is -0.955. The highest BCUT2D eigenvalue weighted by Gasteiger charge is 2.40. The van der Waals surface area contributed by atoms with Crippen LogP contribution in [0, 0.1) is 5.92 Å². The molecule has 47 heavy (non-hydrogen) atoms. The standard InChI is InChI=1S/C39H48N2O6/c1-3-23-41(33-10-5-6-11-33)25-35-27(2)38(30-17-15-28(26-42)16-18-30)47-39(46-35)31-21-19-29(20-22-31)34-12-7-4-9-32(34)24-40-36(43)13-8-14-37(44)45/h3-4,7,9,12,15-22,27,33,35,38-39,42H,1,5-6,8,10-11,13-14,23-26H2,2H3,(H,40,43)(H,44,45)/t27-,35+,38+,39+/m0/s1. The molecule has 3 aromatic carbocycles. The fourth-order valence-corrected chi connectivity index (χ4v) is 6.83. The Morgan fingerprint density at radius 2 is 1.66 bits per heavy atom. The van der Waals surface area contributed by atoms with Crippen LogP contribution in [0.5, 0.6) is 0 Å². The van der Waals surface area contributed by atoms with Gasteiger partial charge in [-0.05, 0) is 47.1 Å². The van der Waals surface area contributed by atoms with Gasteiger partial charge in [0.25, 0.3) is 0 Å². The second-order valence-corrected chi connectivity index (χ2v) is 12.8. The third-order valence-corrected chi connectivity index (χ3v) is 9.52. The van der Waals surface area contributed by atoms with Crippen LogP contribution in [-0.4, -0.2) is 52.2 Å². The van der Waals surface area contributed by atoms with Crippen molar-refractivity contribution in [2.24, 2.45) is 5.92 Å². The van der Waals surface area contributed by atoms with Crippen molar-refractivity contribution in [1.82, 2.24) is 10.2 Å². The monoisotopic (exact) mass is 640 g/mol. The zero-order valence-electron chi connectivity index (χ0n) is 27.4. The minimum absolute atomic E-state index is 0.00224. The highest BCUT2D eigenvalue weighted by atomic mass is 16.7.